The normalized spacial score (nSPS) is 17.2. The van der Waals surface area contributed by atoms with E-state index in [1.165, 1.54) is 4.90 Å². The van der Waals surface area contributed by atoms with Gasteiger partial charge in [-0.3, -0.25) is 29.3 Å². The van der Waals surface area contributed by atoms with E-state index in [2.05, 4.69) is 16.0 Å². The molecule has 10 nitrogen and oxygen atoms in total. The monoisotopic (exact) mass is 463 g/mol. The van der Waals surface area contributed by atoms with Crippen LogP contribution in [0.1, 0.15) is 52.0 Å². The Kier molecular flexibility index (Phi) is 6.58. The molecule has 2 aliphatic heterocycles. The molecule has 0 saturated carbocycles. The number of piperidine rings is 1. The lowest BCUT2D eigenvalue weighted by Gasteiger charge is -2.29. The van der Waals surface area contributed by atoms with E-state index in [4.69, 9.17) is 5.73 Å². The number of nitrogens with zero attached hydrogens (tertiary/aromatic N) is 1. The molecule has 0 aromatic heterocycles. The topological polar surface area (TPSA) is 151 Å². The van der Waals surface area contributed by atoms with Crippen LogP contribution in [-0.4, -0.2) is 47.0 Å². The van der Waals surface area contributed by atoms with Gasteiger partial charge in [-0.1, -0.05) is 6.07 Å². The quantitative estimate of drug-likeness (QED) is 0.275. The van der Waals surface area contributed by atoms with Crippen LogP contribution in [0, 0.1) is 0 Å². The van der Waals surface area contributed by atoms with Crippen LogP contribution in [0.25, 0.3) is 0 Å². The average molecular weight is 463 g/mol. The van der Waals surface area contributed by atoms with Gasteiger partial charge in [0.15, 0.2) is 0 Å². The van der Waals surface area contributed by atoms with E-state index in [0.29, 0.717) is 41.0 Å². The lowest BCUT2D eigenvalue weighted by molar-refractivity contribution is -0.137. The van der Waals surface area contributed by atoms with Crippen LogP contribution < -0.4 is 21.7 Å². The number of rotatable bonds is 7. The minimum Gasteiger partial charge on any atom is -0.399 e. The SMILES string of the molecule is Nc1ccc(C(=O)NCCCC(=O)Nc2cccc3c2CN(C2CCC(=O)NC2=O)C3=O)cc1. The van der Waals surface area contributed by atoms with Gasteiger partial charge in [0.2, 0.25) is 17.7 Å². The van der Waals surface area contributed by atoms with Crippen LogP contribution >= 0.6 is 0 Å². The van der Waals surface area contributed by atoms with E-state index < -0.39 is 11.9 Å². The van der Waals surface area contributed by atoms with E-state index in [1.807, 2.05) is 0 Å². The highest BCUT2D eigenvalue weighted by atomic mass is 16.2. The molecular weight excluding hydrogens is 438 g/mol. The van der Waals surface area contributed by atoms with Crippen LogP contribution in [-0.2, 0) is 20.9 Å². The number of benzene rings is 2. The van der Waals surface area contributed by atoms with Gasteiger partial charge in [-0.15, -0.1) is 0 Å². The summed E-state index contributed by atoms with van der Waals surface area (Å²) in [5.74, 6) is -1.62. The van der Waals surface area contributed by atoms with Crippen molar-refractivity contribution < 1.29 is 24.0 Å². The van der Waals surface area contributed by atoms with Gasteiger partial charge in [-0.25, -0.2) is 0 Å². The smallest absolute Gasteiger partial charge is 0.255 e. The minimum absolute atomic E-state index is 0.175. The highest BCUT2D eigenvalue weighted by molar-refractivity contribution is 6.06. The maximum Gasteiger partial charge on any atom is 0.255 e. The van der Waals surface area contributed by atoms with Crippen molar-refractivity contribution >= 4 is 40.9 Å². The number of nitrogens with two attached hydrogens (primary N) is 1. The summed E-state index contributed by atoms with van der Waals surface area (Å²) < 4.78 is 0. The first-order valence-electron chi connectivity index (χ1n) is 11.0. The summed E-state index contributed by atoms with van der Waals surface area (Å²) in [4.78, 5) is 62.6. The number of hydrogen-bond acceptors (Lipinski definition) is 6. The minimum atomic E-state index is -0.717. The van der Waals surface area contributed by atoms with Crippen LogP contribution in [0.5, 0.6) is 0 Å². The Morgan fingerprint density at radius 3 is 2.59 bits per heavy atom. The van der Waals surface area contributed by atoms with E-state index in [9.17, 15) is 24.0 Å². The highest BCUT2D eigenvalue weighted by Gasteiger charge is 2.39. The summed E-state index contributed by atoms with van der Waals surface area (Å²) in [6, 6.07) is 10.9. The van der Waals surface area contributed by atoms with Crippen molar-refractivity contribution in [2.24, 2.45) is 0 Å². The van der Waals surface area contributed by atoms with Crippen LogP contribution in [0.15, 0.2) is 42.5 Å². The zero-order valence-electron chi connectivity index (χ0n) is 18.4. The Bertz CT molecular complexity index is 1160. The molecular formula is C24H25N5O5. The van der Waals surface area contributed by atoms with Crippen molar-refractivity contribution in [3.63, 3.8) is 0 Å². The number of nitrogen functional groups attached to an aromatic ring is 1. The summed E-state index contributed by atoms with van der Waals surface area (Å²) in [7, 11) is 0. The maximum absolute atomic E-state index is 12.9. The molecule has 1 fully saturated rings. The van der Waals surface area contributed by atoms with Gasteiger partial charge in [-0.05, 0) is 49.2 Å². The van der Waals surface area contributed by atoms with Gasteiger partial charge in [0.1, 0.15) is 6.04 Å². The average Bonchev–Trinajstić information content (AvgIpc) is 3.14. The van der Waals surface area contributed by atoms with Gasteiger partial charge >= 0.3 is 0 Å². The second-order valence-corrected chi connectivity index (χ2v) is 8.26. The first kappa shape index (κ1) is 23.0. The lowest BCUT2D eigenvalue weighted by Crippen LogP contribution is -2.52. The molecule has 2 heterocycles. The van der Waals surface area contributed by atoms with Gasteiger partial charge in [0.25, 0.3) is 11.8 Å². The van der Waals surface area contributed by atoms with Gasteiger partial charge in [0.05, 0.1) is 0 Å². The van der Waals surface area contributed by atoms with E-state index >= 15 is 0 Å². The predicted octanol–water partition coefficient (Wildman–Crippen LogP) is 1.18. The number of nitrogens with one attached hydrogen (secondary N) is 3. The maximum atomic E-state index is 12.9. The molecule has 176 valence electrons. The first-order valence-corrected chi connectivity index (χ1v) is 11.0. The summed E-state index contributed by atoms with van der Waals surface area (Å²) >= 11 is 0. The number of fused-ring (bicyclic) bond motifs is 1. The highest BCUT2D eigenvalue weighted by Crippen LogP contribution is 2.32. The van der Waals surface area contributed by atoms with E-state index in [-0.39, 0.29) is 49.4 Å². The third-order valence-corrected chi connectivity index (χ3v) is 5.90. The van der Waals surface area contributed by atoms with Crippen molar-refractivity contribution in [3.8, 4) is 0 Å². The predicted molar refractivity (Wildman–Crippen MR) is 124 cm³/mol. The second-order valence-electron chi connectivity index (χ2n) is 8.26. The van der Waals surface area contributed by atoms with Gasteiger partial charge in [0, 0.05) is 54.0 Å². The summed E-state index contributed by atoms with van der Waals surface area (Å²) in [5, 5.41) is 7.87. The Labute approximate surface area is 195 Å². The Morgan fingerprint density at radius 1 is 1.09 bits per heavy atom. The molecule has 34 heavy (non-hydrogen) atoms. The third-order valence-electron chi connectivity index (χ3n) is 5.90. The number of imide groups is 1. The molecule has 5 N–H and O–H groups in total. The van der Waals surface area contributed by atoms with Crippen molar-refractivity contribution in [1.29, 1.82) is 0 Å². The molecule has 4 rings (SSSR count). The summed E-state index contributed by atoms with van der Waals surface area (Å²) in [6.45, 7) is 0.500. The fraction of sp³-hybridized carbons (Fsp3) is 0.292. The molecule has 2 aromatic carbocycles. The van der Waals surface area contributed by atoms with Crippen molar-refractivity contribution in [2.75, 3.05) is 17.6 Å². The molecule has 1 unspecified atom stereocenters. The zero-order valence-corrected chi connectivity index (χ0v) is 18.4. The zero-order chi connectivity index (χ0) is 24.2. The number of anilines is 2. The van der Waals surface area contributed by atoms with Crippen LogP contribution in [0.2, 0.25) is 0 Å². The molecule has 0 radical (unpaired) electrons. The van der Waals surface area contributed by atoms with Crippen molar-refractivity contribution in [2.45, 2.75) is 38.3 Å². The number of hydrogen-bond donors (Lipinski definition) is 4. The molecule has 1 saturated heterocycles. The van der Waals surface area contributed by atoms with Gasteiger partial charge in [-0.2, -0.15) is 0 Å². The second kappa shape index (κ2) is 9.74. The van der Waals surface area contributed by atoms with Crippen LogP contribution in [0.3, 0.4) is 0 Å². The van der Waals surface area contributed by atoms with Gasteiger partial charge < -0.3 is 21.3 Å². The molecule has 2 aromatic rings. The van der Waals surface area contributed by atoms with Crippen molar-refractivity contribution in [3.05, 3.63) is 59.2 Å². The Balaban J connectivity index is 1.31. The standard InChI is InChI=1S/C24H25N5O5/c25-15-8-6-14(7-9-15)22(32)26-12-2-5-20(30)27-18-4-1-3-16-17(18)13-29(24(16)34)19-10-11-21(31)28-23(19)33/h1,3-4,6-9,19H,2,5,10-13,25H2,(H,26,32)(H,27,30)(H,28,31,33). The fourth-order valence-corrected chi connectivity index (χ4v) is 4.10. The Morgan fingerprint density at radius 2 is 1.85 bits per heavy atom. The molecule has 2 aliphatic rings. The molecule has 1 atom stereocenters. The number of carbonyl (C=O) groups is 5. The van der Waals surface area contributed by atoms with Crippen molar-refractivity contribution in [1.82, 2.24) is 15.5 Å². The fourth-order valence-electron chi connectivity index (χ4n) is 4.10. The van der Waals surface area contributed by atoms with E-state index in [1.54, 1.807) is 42.5 Å². The molecule has 0 aliphatic carbocycles. The largest absolute Gasteiger partial charge is 0.399 e. The van der Waals surface area contributed by atoms with E-state index in [0.717, 1.165) is 0 Å². The third kappa shape index (κ3) is 4.90. The molecule has 10 heteroatoms. The summed E-state index contributed by atoms with van der Waals surface area (Å²) in [6.07, 6.45) is 1.06. The number of carbonyl (C=O) groups excluding carboxylic acids is 5. The number of amides is 5. The first-order chi connectivity index (χ1) is 16.3. The molecule has 0 bridgehead atoms. The summed E-state index contributed by atoms with van der Waals surface area (Å²) in [5.41, 5.74) is 8.26. The van der Waals surface area contributed by atoms with Crippen LogP contribution in [0.4, 0.5) is 11.4 Å². The molecule has 0 spiro atoms. The Hall–Kier alpha value is -4.21. The lowest BCUT2D eigenvalue weighted by atomic mass is 10.0. The molecule has 5 amide bonds.